The molecule has 0 aliphatic heterocycles. The summed E-state index contributed by atoms with van der Waals surface area (Å²) in [4.78, 5) is 16.6. The molecular formula is C18H12Cl3N3O3. The lowest BCUT2D eigenvalue weighted by atomic mass is 10.1. The van der Waals surface area contributed by atoms with Crippen LogP contribution in [0.25, 0.3) is 11.3 Å². The molecule has 27 heavy (non-hydrogen) atoms. The van der Waals surface area contributed by atoms with E-state index in [-0.39, 0.29) is 0 Å². The molecule has 0 unspecified atom stereocenters. The molecule has 0 radical (unpaired) electrons. The summed E-state index contributed by atoms with van der Waals surface area (Å²) in [6.45, 7) is 1.69. The number of carbonyl (C=O) groups is 1. The topological polar surface area (TPSA) is 76.7 Å². The minimum Gasteiger partial charge on any atom is -0.360 e. The van der Waals surface area contributed by atoms with E-state index in [0.29, 0.717) is 43.3 Å². The number of oxime groups is 1. The molecule has 0 bridgehead atoms. The summed E-state index contributed by atoms with van der Waals surface area (Å²) in [5.41, 5.74) is 1.86. The lowest BCUT2D eigenvalue weighted by Crippen LogP contribution is -2.10. The van der Waals surface area contributed by atoms with Crippen LogP contribution < -0.4 is 5.32 Å². The third-order valence-electron chi connectivity index (χ3n) is 3.50. The number of nitrogens with one attached hydrogen (secondary N) is 1. The number of anilines is 1. The van der Waals surface area contributed by atoms with Gasteiger partial charge in [-0.05, 0) is 37.3 Å². The summed E-state index contributed by atoms with van der Waals surface area (Å²) >= 11 is 18.3. The number of aromatic nitrogens is 1. The number of aryl methyl sites for hydroxylation is 1. The van der Waals surface area contributed by atoms with Gasteiger partial charge in [-0.3, -0.25) is 10.2 Å². The zero-order valence-electron chi connectivity index (χ0n) is 13.9. The SMILES string of the molecule is Cc1onc(-c2c(Cl)cccc2Cl)c1/C=N\OC(=O)Nc1cccc(Cl)c1. The summed E-state index contributed by atoms with van der Waals surface area (Å²) in [5.74, 6) is 0.462. The van der Waals surface area contributed by atoms with Gasteiger partial charge in [0.2, 0.25) is 0 Å². The van der Waals surface area contributed by atoms with Gasteiger partial charge >= 0.3 is 6.09 Å². The molecule has 0 aliphatic rings. The first-order valence-corrected chi connectivity index (χ1v) is 8.76. The number of benzene rings is 2. The van der Waals surface area contributed by atoms with Crippen LogP contribution in [0.4, 0.5) is 10.5 Å². The highest BCUT2D eigenvalue weighted by Crippen LogP contribution is 2.36. The Kier molecular flexibility index (Phi) is 6.01. The minimum atomic E-state index is -0.778. The smallest absolute Gasteiger partial charge is 0.360 e. The van der Waals surface area contributed by atoms with Gasteiger partial charge in [0.05, 0.1) is 21.8 Å². The van der Waals surface area contributed by atoms with Crippen molar-refractivity contribution in [1.29, 1.82) is 0 Å². The quantitative estimate of drug-likeness (QED) is 0.307. The van der Waals surface area contributed by atoms with Gasteiger partial charge < -0.3 is 4.52 Å². The molecular weight excluding hydrogens is 413 g/mol. The molecule has 1 N–H and O–H groups in total. The number of rotatable bonds is 4. The normalized spacial score (nSPS) is 11.0. The fraction of sp³-hybridized carbons (Fsp3) is 0.0556. The molecule has 1 heterocycles. The first kappa shape index (κ1) is 19.2. The predicted octanol–water partition coefficient (Wildman–Crippen LogP) is 6.19. The Bertz CT molecular complexity index is 998. The maximum Gasteiger partial charge on any atom is 0.437 e. The fourth-order valence-corrected chi connectivity index (χ4v) is 3.04. The molecule has 2 aromatic carbocycles. The third-order valence-corrected chi connectivity index (χ3v) is 4.36. The van der Waals surface area contributed by atoms with Crippen LogP contribution in [-0.4, -0.2) is 17.5 Å². The average molecular weight is 425 g/mol. The number of hydrogen-bond donors (Lipinski definition) is 1. The molecule has 1 amide bonds. The second kappa shape index (κ2) is 8.43. The van der Waals surface area contributed by atoms with Crippen LogP contribution >= 0.6 is 34.8 Å². The van der Waals surface area contributed by atoms with E-state index in [1.165, 1.54) is 6.21 Å². The number of amides is 1. The van der Waals surface area contributed by atoms with Crippen molar-refractivity contribution in [3.05, 3.63) is 68.9 Å². The Labute approximate surface area is 169 Å². The molecule has 0 atom stereocenters. The van der Waals surface area contributed by atoms with E-state index in [1.54, 1.807) is 49.4 Å². The molecule has 0 fully saturated rings. The highest BCUT2D eigenvalue weighted by atomic mass is 35.5. The van der Waals surface area contributed by atoms with Crippen molar-refractivity contribution >= 4 is 52.8 Å². The van der Waals surface area contributed by atoms with Crippen molar-refractivity contribution in [3.63, 3.8) is 0 Å². The summed E-state index contributed by atoms with van der Waals surface area (Å²) in [5, 5.41) is 11.5. The van der Waals surface area contributed by atoms with Crippen molar-refractivity contribution in [2.24, 2.45) is 5.16 Å². The molecule has 3 aromatic rings. The molecule has 3 rings (SSSR count). The molecule has 0 saturated carbocycles. The van der Waals surface area contributed by atoms with Gasteiger partial charge in [0, 0.05) is 16.3 Å². The maximum absolute atomic E-state index is 11.8. The first-order chi connectivity index (χ1) is 13.0. The Balaban J connectivity index is 1.76. The van der Waals surface area contributed by atoms with E-state index >= 15 is 0 Å². The van der Waals surface area contributed by atoms with E-state index in [1.807, 2.05) is 0 Å². The molecule has 0 aliphatic carbocycles. The van der Waals surface area contributed by atoms with E-state index in [9.17, 15) is 4.79 Å². The zero-order chi connectivity index (χ0) is 19.4. The van der Waals surface area contributed by atoms with Gasteiger partial charge in [-0.2, -0.15) is 0 Å². The van der Waals surface area contributed by atoms with Crippen LogP contribution in [0, 0.1) is 6.92 Å². The third kappa shape index (κ3) is 4.60. The largest absolute Gasteiger partial charge is 0.437 e. The Morgan fingerprint density at radius 2 is 1.89 bits per heavy atom. The van der Waals surface area contributed by atoms with Gasteiger partial charge in [-0.1, -0.05) is 57.2 Å². The van der Waals surface area contributed by atoms with Crippen LogP contribution in [0.1, 0.15) is 11.3 Å². The predicted molar refractivity (Wildman–Crippen MR) is 106 cm³/mol. The molecule has 0 saturated heterocycles. The number of hydrogen-bond acceptors (Lipinski definition) is 5. The van der Waals surface area contributed by atoms with Crippen molar-refractivity contribution in [3.8, 4) is 11.3 Å². The number of carbonyl (C=O) groups excluding carboxylic acids is 1. The fourth-order valence-electron chi connectivity index (χ4n) is 2.27. The lowest BCUT2D eigenvalue weighted by Gasteiger charge is -2.04. The summed E-state index contributed by atoms with van der Waals surface area (Å²) < 4.78 is 5.20. The molecule has 6 nitrogen and oxygen atoms in total. The molecule has 138 valence electrons. The maximum atomic E-state index is 11.8. The molecule has 1 aromatic heterocycles. The van der Waals surface area contributed by atoms with Crippen molar-refractivity contribution in [2.75, 3.05) is 5.32 Å². The summed E-state index contributed by atoms with van der Waals surface area (Å²) in [6.07, 6.45) is 0.526. The van der Waals surface area contributed by atoms with Crippen LogP contribution in [0.3, 0.4) is 0 Å². The highest BCUT2D eigenvalue weighted by Gasteiger charge is 2.18. The summed E-state index contributed by atoms with van der Waals surface area (Å²) in [7, 11) is 0. The first-order valence-electron chi connectivity index (χ1n) is 7.63. The van der Waals surface area contributed by atoms with E-state index < -0.39 is 6.09 Å². The van der Waals surface area contributed by atoms with Gasteiger partial charge in [-0.15, -0.1) is 0 Å². The van der Waals surface area contributed by atoms with E-state index in [4.69, 9.17) is 44.2 Å². The van der Waals surface area contributed by atoms with Gasteiger partial charge in [-0.25, -0.2) is 4.79 Å². The van der Waals surface area contributed by atoms with Crippen LogP contribution in [0.2, 0.25) is 15.1 Å². The number of halogens is 3. The van der Waals surface area contributed by atoms with Crippen molar-refractivity contribution in [2.45, 2.75) is 6.92 Å². The van der Waals surface area contributed by atoms with Crippen LogP contribution in [-0.2, 0) is 4.84 Å². The Morgan fingerprint density at radius 3 is 2.59 bits per heavy atom. The average Bonchev–Trinajstić information content (AvgIpc) is 2.96. The van der Waals surface area contributed by atoms with Crippen molar-refractivity contribution in [1.82, 2.24) is 5.16 Å². The molecule has 9 heteroatoms. The summed E-state index contributed by atoms with van der Waals surface area (Å²) in [6, 6.07) is 11.7. The van der Waals surface area contributed by atoms with E-state index in [0.717, 1.165) is 0 Å². The second-order valence-electron chi connectivity index (χ2n) is 5.35. The second-order valence-corrected chi connectivity index (χ2v) is 6.60. The monoisotopic (exact) mass is 423 g/mol. The van der Waals surface area contributed by atoms with Gasteiger partial charge in [0.15, 0.2) is 0 Å². The molecule has 0 spiro atoms. The van der Waals surface area contributed by atoms with Crippen molar-refractivity contribution < 1.29 is 14.2 Å². The Morgan fingerprint density at radius 1 is 1.19 bits per heavy atom. The van der Waals surface area contributed by atoms with E-state index in [2.05, 4.69) is 15.6 Å². The highest BCUT2D eigenvalue weighted by molar-refractivity contribution is 6.39. The van der Waals surface area contributed by atoms with Gasteiger partial charge in [0.1, 0.15) is 11.5 Å². The minimum absolute atomic E-state index is 0.394. The van der Waals surface area contributed by atoms with Crippen LogP contribution in [0.5, 0.6) is 0 Å². The standard InChI is InChI=1S/C18H12Cl3N3O3/c1-10-13(17(24-26-10)16-14(20)6-3-7-15(16)21)9-22-27-18(25)23-12-5-2-4-11(19)8-12/h2-9H,1H3,(H,23,25)/b22-9-. The lowest BCUT2D eigenvalue weighted by molar-refractivity contribution is 0.167. The van der Waals surface area contributed by atoms with Crippen LogP contribution in [0.15, 0.2) is 52.1 Å². The number of nitrogens with zero attached hydrogens (tertiary/aromatic N) is 2. The Hall–Kier alpha value is -2.54. The zero-order valence-corrected chi connectivity index (χ0v) is 16.1. The van der Waals surface area contributed by atoms with Gasteiger partial charge in [0.25, 0.3) is 0 Å².